The number of fused-ring (bicyclic) bond motifs is 1. The van der Waals surface area contributed by atoms with Gasteiger partial charge in [0.25, 0.3) is 5.69 Å². The SMILES string of the molecule is O=[N+]([O-])c1cc(Nc2nc3ccccc3nc2[N-]S(=O)(=O)c2cccc(Cl)c2)ccc1Cl. The van der Waals surface area contributed by atoms with E-state index in [1.54, 1.807) is 24.3 Å². The standard InChI is InChI=1S/C20H12Cl2N5O4S/c21-12-4-3-5-14(10-12)32(30,31)26-20-19(24-16-6-1-2-7-17(16)25-20)23-13-8-9-15(22)18(11-13)27(28)29/h1-11H,(H-,23,24,25,26)/q-1. The molecule has 0 aliphatic rings. The number of anilines is 2. The molecule has 12 heteroatoms. The molecule has 0 bridgehead atoms. The van der Waals surface area contributed by atoms with Crippen molar-refractivity contribution in [3.63, 3.8) is 0 Å². The lowest BCUT2D eigenvalue weighted by atomic mass is 10.2. The lowest BCUT2D eigenvalue weighted by molar-refractivity contribution is -0.384. The first-order chi connectivity index (χ1) is 15.2. The predicted molar refractivity (Wildman–Crippen MR) is 123 cm³/mol. The van der Waals surface area contributed by atoms with E-state index < -0.39 is 14.9 Å². The van der Waals surface area contributed by atoms with Crippen LogP contribution < -0.4 is 5.32 Å². The summed E-state index contributed by atoms with van der Waals surface area (Å²) in [6.07, 6.45) is 0. The Labute approximate surface area is 192 Å². The molecule has 0 amide bonds. The number of nitro benzene ring substituents is 1. The highest BCUT2D eigenvalue weighted by Crippen LogP contribution is 2.36. The first kappa shape index (κ1) is 21.8. The van der Waals surface area contributed by atoms with E-state index in [1.165, 1.54) is 42.5 Å². The van der Waals surface area contributed by atoms with Crippen molar-refractivity contribution >= 4 is 67.3 Å². The Hall–Kier alpha value is -3.47. The van der Waals surface area contributed by atoms with Gasteiger partial charge in [0.2, 0.25) is 10.0 Å². The highest BCUT2D eigenvalue weighted by molar-refractivity contribution is 7.94. The second-order valence-electron chi connectivity index (χ2n) is 6.46. The molecule has 9 nitrogen and oxygen atoms in total. The molecule has 0 saturated heterocycles. The lowest BCUT2D eigenvalue weighted by Gasteiger charge is -2.21. The van der Waals surface area contributed by atoms with Crippen LogP contribution in [0.25, 0.3) is 15.8 Å². The zero-order valence-electron chi connectivity index (χ0n) is 15.9. The molecule has 0 unspecified atom stereocenters. The number of sulfonamides is 1. The number of nitro groups is 1. The second kappa shape index (κ2) is 8.58. The monoisotopic (exact) mass is 488 g/mol. The van der Waals surface area contributed by atoms with Gasteiger partial charge in [0.05, 0.1) is 15.3 Å². The Morgan fingerprint density at radius 3 is 2.34 bits per heavy atom. The van der Waals surface area contributed by atoms with Crippen molar-refractivity contribution in [3.8, 4) is 0 Å². The molecule has 4 rings (SSSR count). The van der Waals surface area contributed by atoms with Gasteiger partial charge >= 0.3 is 0 Å². The van der Waals surface area contributed by atoms with Crippen molar-refractivity contribution in [2.24, 2.45) is 0 Å². The molecule has 0 spiro atoms. The number of para-hydroxylation sites is 2. The fourth-order valence-corrected chi connectivity index (χ4v) is 4.23. The molecule has 32 heavy (non-hydrogen) atoms. The van der Waals surface area contributed by atoms with Gasteiger partial charge in [-0.3, -0.25) is 10.1 Å². The molecule has 0 aliphatic heterocycles. The molecule has 0 atom stereocenters. The van der Waals surface area contributed by atoms with Gasteiger partial charge in [0.1, 0.15) is 10.8 Å². The third-order valence-corrected chi connectivity index (χ3v) is 6.08. The van der Waals surface area contributed by atoms with Gasteiger partial charge in [-0.15, -0.1) is 0 Å². The van der Waals surface area contributed by atoms with Gasteiger partial charge in [0.15, 0.2) is 0 Å². The molecule has 1 aromatic heterocycles. The van der Waals surface area contributed by atoms with E-state index >= 15 is 0 Å². The second-order valence-corrected chi connectivity index (χ2v) is 8.90. The minimum atomic E-state index is -4.18. The van der Waals surface area contributed by atoms with Crippen molar-refractivity contribution < 1.29 is 13.3 Å². The average molecular weight is 489 g/mol. The van der Waals surface area contributed by atoms with Gasteiger partial charge in [0, 0.05) is 16.8 Å². The van der Waals surface area contributed by atoms with Crippen molar-refractivity contribution in [2.45, 2.75) is 4.90 Å². The summed E-state index contributed by atoms with van der Waals surface area (Å²) in [5.41, 5.74) is 0.815. The number of nitrogens with one attached hydrogen (secondary N) is 1. The molecule has 1 N–H and O–H groups in total. The van der Waals surface area contributed by atoms with Crippen LogP contribution in [0.1, 0.15) is 0 Å². The maximum absolute atomic E-state index is 12.9. The first-order valence-corrected chi connectivity index (χ1v) is 11.1. The summed E-state index contributed by atoms with van der Waals surface area (Å²) in [6, 6.07) is 16.5. The minimum Gasteiger partial charge on any atom is -0.431 e. The van der Waals surface area contributed by atoms with Crippen molar-refractivity contribution in [3.05, 3.63) is 91.6 Å². The van der Waals surface area contributed by atoms with Gasteiger partial charge in [-0.05, 0) is 47.7 Å². The summed E-state index contributed by atoms with van der Waals surface area (Å²) in [7, 11) is -4.18. The van der Waals surface area contributed by atoms with Crippen LogP contribution in [0.2, 0.25) is 10.0 Å². The summed E-state index contributed by atoms with van der Waals surface area (Å²) in [5.74, 6) is -0.229. The zero-order valence-corrected chi connectivity index (χ0v) is 18.3. The minimum absolute atomic E-state index is 0.00840. The topological polar surface area (TPSA) is 129 Å². The van der Waals surface area contributed by atoms with E-state index in [9.17, 15) is 18.5 Å². The largest absolute Gasteiger partial charge is 0.431 e. The molecule has 4 aromatic rings. The number of benzene rings is 3. The van der Waals surface area contributed by atoms with E-state index in [4.69, 9.17) is 23.2 Å². The highest BCUT2D eigenvalue weighted by atomic mass is 35.5. The van der Waals surface area contributed by atoms with E-state index in [0.717, 1.165) is 0 Å². The van der Waals surface area contributed by atoms with Gasteiger partial charge in [-0.25, -0.2) is 13.4 Å². The summed E-state index contributed by atoms with van der Waals surface area (Å²) in [4.78, 5) is 19.2. The Kier molecular flexibility index (Phi) is 5.83. The van der Waals surface area contributed by atoms with Crippen LogP contribution in [0, 0.1) is 10.1 Å². The van der Waals surface area contributed by atoms with Crippen molar-refractivity contribution in [1.82, 2.24) is 9.97 Å². The molecule has 0 radical (unpaired) electrons. The Bertz CT molecular complexity index is 1460. The molecule has 3 aromatic carbocycles. The highest BCUT2D eigenvalue weighted by Gasteiger charge is 2.16. The zero-order chi connectivity index (χ0) is 22.9. The number of hydrogen-bond acceptors (Lipinski definition) is 7. The number of halogens is 2. The Morgan fingerprint density at radius 1 is 0.938 bits per heavy atom. The number of nitrogens with zero attached hydrogens (tertiary/aromatic N) is 4. The smallest absolute Gasteiger partial charge is 0.289 e. The molecule has 1 heterocycles. The molecule has 0 aliphatic carbocycles. The van der Waals surface area contributed by atoms with Crippen LogP contribution in [-0.4, -0.2) is 23.3 Å². The number of aromatic nitrogens is 2. The summed E-state index contributed by atoms with van der Waals surface area (Å²) in [5, 5.41) is 14.2. The normalized spacial score (nSPS) is 11.3. The van der Waals surface area contributed by atoms with Crippen LogP contribution in [0.5, 0.6) is 0 Å². The average Bonchev–Trinajstić information content (AvgIpc) is 2.75. The molecule has 0 saturated carbocycles. The fourth-order valence-electron chi connectivity index (χ4n) is 2.80. The lowest BCUT2D eigenvalue weighted by Crippen LogP contribution is -2.03. The molecule has 162 valence electrons. The Morgan fingerprint density at radius 2 is 1.66 bits per heavy atom. The van der Waals surface area contributed by atoms with Gasteiger partial charge < -0.3 is 15.0 Å². The third-order valence-electron chi connectivity index (χ3n) is 4.26. The van der Waals surface area contributed by atoms with Gasteiger partial charge in [-0.1, -0.05) is 47.5 Å². The van der Waals surface area contributed by atoms with E-state index in [2.05, 4.69) is 20.0 Å². The predicted octanol–water partition coefficient (Wildman–Crippen LogP) is 5.98. The van der Waals surface area contributed by atoms with Crippen LogP contribution >= 0.6 is 23.2 Å². The van der Waals surface area contributed by atoms with E-state index in [0.29, 0.717) is 11.0 Å². The summed E-state index contributed by atoms with van der Waals surface area (Å²) >= 11 is 11.8. The van der Waals surface area contributed by atoms with Crippen molar-refractivity contribution in [2.75, 3.05) is 5.32 Å². The maximum Gasteiger partial charge on any atom is 0.289 e. The van der Waals surface area contributed by atoms with E-state index in [1.807, 2.05) is 0 Å². The molecule has 0 fully saturated rings. The van der Waals surface area contributed by atoms with Crippen LogP contribution in [0.3, 0.4) is 0 Å². The van der Waals surface area contributed by atoms with Crippen LogP contribution in [0.4, 0.5) is 23.0 Å². The van der Waals surface area contributed by atoms with E-state index in [-0.39, 0.29) is 38.0 Å². The molecular formula is C20H12Cl2N5O4S-. The van der Waals surface area contributed by atoms with Crippen molar-refractivity contribution in [1.29, 1.82) is 0 Å². The fraction of sp³-hybridized carbons (Fsp3) is 0. The Balaban J connectivity index is 1.79. The first-order valence-electron chi connectivity index (χ1n) is 8.94. The quantitative estimate of drug-likeness (QED) is 0.260. The van der Waals surface area contributed by atoms with Gasteiger partial charge in [-0.2, -0.15) is 0 Å². The van der Waals surface area contributed by atoms with Crippen LogP contribution in [-0.2, 0) is 10.0 Å². The summed E-state index contributed by atoms with van der Waals surface area (Å²) in [6.45, 7) is 0. The molecular weight excluding hydrogens is 477 g/mol. The summed E-state index contributed by atoms with van der Waals surface area (Å²) < 4.78 is 29.6. The third kappa shape index (κ3) is 4.57. The number of hydrogen-bond donors (Lipinski definition) is 1. The maximum atomic E-state index is 12.9. The number of rotatable bonds is 6. The van der Waals surface area contributed by atoms with Crippen LogP contribution in [0.15, 0.2) is 71.6 Å².